The van der Waals surface area contributed by atoms with Gasteiger partial charge in [0.1, 0.15) is 0 Å². The second-order valence-electron chi connectivity index (χ2n) is 7.07. The van der Waals surface area contributed by atoms with Crippen molar-refractivity contribution >= 4 is 5.91 Å². The molecule has 0 aliphatic carbocycles. The zero-order chi connectivity index (χ0) is 18.0. The number of nitrogens with zero attached hydrogens (tertiary/aromatic N) is 2. The van der Waals surface area contributed by atoms with Crippen molar-refractivity contribution in [2.75, 3.05) is 19.6 Å². The molecule has 0 unspecified atom stereocenters. The van der Waals surface area contributed by atoms with Crippen molar-refractivity contribution in [1.29, 1.82) is 0 Å². The molecule has 2 heterocycles. The third-order valence-electron chi connectivity index (χ3n) is 4.94. The van der Waals surface area contributed by atoms with Gasteiger partial charge in [-0.25, -0.2) is 0 Å². The molecule has 0 spiro atoms. The molecule has 1 aromatic heterocycles. The first-order valence-electron chi connectivity index (χ1n) is 9.81. The van der Waals surface area contributed by atoms with E-state index in [0.717, 1.165) is 30.6 Å². The number of pyridine rings is 1. The molecule has 0 bridgehead atoms. The van der Waals surface area contributed by atoms with Gasteiger partial charge in [0.05, 0.1) is 0 Å². The largest absolute Gasteiger partial charge is 0.352 e. The van der Waals surface area contributed by atoms with E-state index in [-0.39, 0.29) is 5.91 Å². The Balaban J connectivity index is 1.41. The van der Waals surface area contributed by atoms with Crippen LogP contribution in [0.1, 0.15) is 53.7 Å². The lowest BCUT2D eigenvalue weighted by atomic mass is 10.1. The molecule has 1 amide bonds. The van der Waals surface area contributed by atoms with Crippen molar-refractivity contribution in [1.82, 2.24) is 15.2 Å². The molecule has 1 fully saturated rings. The van der Waals surface area contributed by atoms with Crippen LogP contribution in [0.5, 0.6) is 0 Å². The smallest absolute Gasteiger partial charge is 0.251 e. The normalized spacial score (nSPS) is 15.4. The van der Waals surface area contributed by atoms with E-state index in [1.807, 2.05) is 30.3 Å². The number of hydrogen-bond donors (Lipinski definition) is 1. The van der Waals surface area contributed by atoms with Crippen molar-refractivity contribution in [3.63, 3.8) is 0 Å². The maximum Gasteiger partial charge on any atom is 0.251 e. The van der Waals surface area contributed by atoms with Gasteiger partial charge in [-0.1, -0.05) is 31.0 Å². The molecule has 1 N–H and O–H groups in total. The van der Waals surface area contributed by atoms with Crippen LogP contribution in [-0.2, 0) is 13.0 Å². The maximum atomic E-state index is 12.3. The van der Waals surface area contributed by atoms with Gasteiger partial charge >= 0.3 is 0 Å². The van der Waals surface area contributed by atoms with Crippen LogP contribution in [0.4, 0.5) is 0 Å². The molecule has 1 saturated heterocycles. The summed E-state index contributed by atoms with van der Waals surface area (Å²) in [6.45, 7) is 4.05. The van der Waals surface area contributed by atoms with Crippen LogP contribution in [0.25, 0.3) is 0 Å². The quantitative estimate of drug-likeness (QED) is 0.771. The Bertz CT molecular complexity index is 662. The number of carbonyl (C=O) groups is 1. The van der Waals surface area contributed by atoms with Crippen LogP contribution in [0.2, 0.25) is 0 Å². The van der Waals surface area contributed by atoms with E-state index in [1.54, 1.807) is 6.20 Å². The van der Waals surface area contributed by atoms with E-state index < -0.39 is 0 Å². The first kappa shape index (κ1) is 18.6. The Morgan fingerprint density at radius 3 is 2.46 bits per heavy atom. The molecule has 1 aliphatic rings. The summed E-state index contributed by atoms with van der Waals surface area (Å²) in [6, 6.07) is 14.0. The Morgan fingerprint density at radius 2 is 1.77 bits per heavy atom. The van der Waals surface area contributed by atoms with Gasteiger partial charge in [0.15, 0.2) is 0 Å². The summed E-state index contributed by atoms with van der Waals surface area (Å²) < 4.78 is 0. The van der Waals surface area contributed by atoms with Crippen LogP contribution < -0.4 is 5.32 Å². The SMILES string of the molecule is O=C(NCCCc1ccccn1)c1ccc(CN2CCCCCC2)cc1. The van der Waals surface area contributed by atoms with Crippen LogP contribution in [-0.4, -0.2) is 35.4 Å². The van der Waals surface area contributed by atoms with Gasteiger partial charge in [0.2, 0.25) is 0 Å². The van der Waals surface area contributed by atoms with Crippen molar-refractivity contribution in [2.45, 2.75) is 45.1 Å². The topological polar surface area (TPSA) is 45.2 Å². The monoisotopic (exact) mass is 351 g/mol. The number of amides is 1. The summed E-state index contributed by atoms with van der Waals surface area (Å²) in [4.78, 5) is 19.1. The van der Waals surface area contributed by atoms with E-state index in [0.29, 0.717) is 6.54 Å². The molecule has 0 atom stereocenters. The van der Waals surface area contributed by atoms with E-state index >= 15 is 0 Å². The van der Waals surface area contributed by atoms with Gasteiger partial charge in [0, 0.05) is 30.5 Å². The Hall–Kier alpha value is -2.20. The van der Waals surface area contributed by atoms with E-state index in [1.165, 1.54) is 44.3 Å². The van der Waals surface area contributed by atoms with Gasteiger partial charge in [-0.15, -0.1) is 0 Å². The first-order valence-corrected chi connectivity index (χ1v) is 9.81. The molecule has 0 radical (unpaired) electrons. The standard InChI is InChI=1S/C22H29N3O/c26-22(24-15-7-9-21-8-3-4-14-23-21)20-12-10-19(11-13-20)18-25-16-5-1-2-6-17-25/h3-4,8,10-14H,1-2,5-7,9,15-18H2,(H,24,26). The minimum Gasteiger partial charge on any atom is -0.352 e. The molecule has 3 rings (SSSR count). The molecule has 4 nitrogen and oxygen atoms in total. The second-order valence-corrected chi connectivity index (χ2v) is 7.07. The number of nitrogens with one attached hydrogen (secondary N) is 1. The third-order valence-corrected chi connectivity index (χ3v) is 4.94. The molecule has 1 aromatic carbocycles. The summed E-state index contributed by atoms with van der Waals surface area (Å²) in [7, 11) is 0. The van der Waals surface area contributed by atoms with Gasteiger partial charge in [-0.2, -0.15) is 0 Å². The van der Waals surface area contributed by atoms with Crippen molar-refractivity contribution in [3.8, 4) is 0 Å². The lowest BCUT2D eigenvalue weighted by Crippen LogP contribution is -2.25. The number of hydrogen-bond acceptors (Lipinski definition) is 3. The Kier molecular flexibility index (Phi) is 7.20. The average molecular weight is 351 g/mol. The predicted molar refractivity (Wildman–Crippen MR) is 105 cm³/mol. The fourth-order valence-electron chi connectivity index (χ4n) is 3.43. The van der Waals surface area contributed by atoms with Crippen LogP contribution in [0.3, 0.4) is 0 Å². The van der Waals surface area contributed by atoms with Crippen LogP contribution >= 0.6 is 0 Å². The lowest BCUT2D eigenvalue weighted by molar-refractivity contribution is 0.0953. The Labute approximate surface area is 156 Å². The zero-order valence-corrected chi connectivity index (χ0v) is 15.5. The summed E-state index contributed by atoms with van der Waals surface area (Å²) in [6.07, 6.45) is 8.91. The molecule has 1 aliphatic heterocycles. The van der Waals surface area contributed by atoms with E-state index in [9.17, 15) is 4.79 Å². The van der Waals surface area contributed by atoms with Gasteiger partial charge in [-0.05, 0) is 68.6 Å². The number of aromatic nitrogens is 1. The molecule has 0 saturated carbocycles. The molecule has 4 heteroatoms. The Morgan fingerprint density at radius 1 is 1.00 bits per heavy atom. The van der Waals surface area contributed by atoms with Crippen molar-refractivity contribution in [3.05, 3.63) is 65.5 Å². The van der Waals surface area contributed by atoms with Crippen LogP contribution in [0, 0.1) is 0 Å². The van der Waals surface area contributed by atoms with Gasteiger partial charge in [0.25, 0.3) is 5.91 Å². The summed E-state index contributed by atoms with van der Waals surface area (Å²) in [5.74, 6) is 0.00680. The predicted octanol–water partition coefficient (Wildman–Crippen LogP) is 3.82. The van der Waals surface area contributed by atoms with Crippen molar-refractivity contribution < 1.29 is 4.79 Å². The van der Waals surface area contributed by atoms with E-state index in [2.05, 4.69) is 27.3 Å². The highest BCUT2D eigenvalue weighted by molar-refractivity contribution is 5.94. The highest BCUT2D eigenvalue weighted by Gasteiger charge is 2.10. The fraction of sp³-hybridized carbons (Fsp3) is 0.455. The van der Waals surface area contributed by atoms with E-state index in [4.69, 9.17) is 0 Å². The lowest BCUT2D eigenvalue weighted by Gasteiger charge is -2.19. The number of aryl methyl sites for hydroxylation is 1. The van der Waals surface area contributed by atoms with Crippen LogP contribution in [0.15, 0.2) is 48.7 Å². The summed E-state index contributed by atoms with van der Waals surface area (Å²) >= 11 is 0. The fourth-order valence-corrected chi connectivity index (χ4v) is 3.43. The maximum absolute atomic E-state index is 12.3. The minimum atomic E-state index is 0.00680. The van der Waals surface area contributed by atoms with Crippen molar-refractivity contribution in [2.24, 2.45) is 0 Å². The minimum absolute atomic E-state index is 0.00680. The number of carbonyl (C=O) groups excluding carboxylic acids is 1. The van der Waals surface area contributed by atoms with Gasteiger partial charge < -0.3 is 5.32 Å². The molecular formula is C22H29N3O. The number of benzene rings is 1. The zero-order valence-electron chi connectivity index (χ0n) is 15.5. The second kappa shape index (κ2) is 10.1. The number of rotatable bonds is 7. The third kappa shape index (κ3) is 5.95. The summed E-state index contributed by atoms with van der Waals surface area (Å²) in [5.41, 5.74) is 3.10. The molecular weight excluding hydrogens is 322 g/mol. The average Bonchev–Trinajstić information content (AvgIpc) is 2.95. The highest BCUT2D eigenvalue weighted by Crippen LogP contribution is 2.14. The number of likely N-dealkylation sites (tertiary alicyclic amines) is 1. The summed E-state index contributed by atoms with van der Waals surface area (Å²) in [5, 5.41) is 3.00. The highest BCUT2D eigenvalue weighted by atomic mass is 16.1. The molecule has 26 heavy (non-hydrogen) atoms. The first-order chi connectivity index (χ1) is 12.8. The van der Waals surface area contributed by atoms with Gasteiger partial charge in [-0.3, -0.25) is 14.7 Å². The molecule has 2 aromatic rings. The molecule has 138 valence electrons.